The van der Waals surface area contributed by atoms with E-state index in [1.165, 1.54) is 11.3 Å². The lowest BCUT2D eigenvalue weighted by atomic mass is 9.83. The third-order valence-electron chi connectivity index (χ3n) is 3.22. The highest BCUT2D eigenvalue weighted by Gasteiger charge is 2.26. The van der Waals surface area contributed by atoms with Crippen LogP contribution in [0.1, 0.15) is 51.8 Å². The average Bonchev–Trinajstić information content (AvgIpc) is 2.47. The minimum atomic E-state index is 0.125. The molecule has 0 aliphatic rings. The van der Waals surface area contributed by atoms with E-state index in [1.807, 2.05) is 7.05 Å². The normalized spacial score (nSPS) is 12.1. The van der Waals surface area contributed by atoms with Gasteiger partial charge in [0.15, 0.2) is 0 Å². The molecular formula is C12H23N3. The summed E-state index contributed by atoms with van der Waals surface area (Å²) in [6.45, 7) is 8.83. The number of anilines is 1. The van der Waals surface area contributed by atoms with Gasteiger partial charge in [0.05, 0.1) is 5.69 Å². The van der Waals surface area contributed by atoms with E-state index in [0.29, 0.717) is 0 Å². The summed E-state index contributed by atoms with van der Waals surface area (Å²) >= 11 is 0. The lowest BCUT2D eigenvalue weighted by Crippen LogP contribution is -2.18. The van der Waals surface area contributed by atoms with Crippen molar-refractivity contribution in [2.45, 2.75) is 52.4 Å². The molecule has 0 spiro atoms. The van der Waals surface area contributed by atoms with Gasteiger partial charge in [-0.15, -0.1) is 0 Å². The Bertz CT molecular complexity index is 337. The lowest BCUT2D eigenvalue weighted by molar-refractivity contribution is 0.478. The highest BCUT2D eigenvalue weighted by atomic mass is 15.3. The number of nitrogen functional groups attached to an aromatic ring is 1. The summed E-state index contributed by atoms with van der Waals surface area (Å²) in [5.41, 5.74) is 8.58. The molecule has 0 aromatic carbocycles. The highest BCUT2D eigenvalue weighted by molar-refractivity contribution is 5.46. The molecule has 0 amide bonds. The van der Waals surface area contributed by atoms with Gasteiger partial charge in [-0.2, -0.15) is 5.10 Å². The summed E-state index contributed by atoms with van der Waals surface area (Å²) in [5.74, 6) is 0.827. The van der Waals surface area contributed by atoms with Crippen LogP contribution >= 0.6 is 0 Å². The van der Waals surface area contributed by atoms with Gasteiger partial charge in [-0.25, -0.2) is 0 Å². The third kappa shape index (κ3) is 2.16. The maximum absolute atomic E-state index is 6.04. The van der Waals surface area contributed by atoms with Gasteiger partial charge in [0, 0.05) is 18.0 Å². The van der Waals surface area contributed by atoms with Gasteiger partial charge >= 0.3 is 0 Å². The molecule has 1 rings (SSSR count). The quantitative estimate of drug-likeness (QED) is 0.828. The first kappa shape index (κ1) is 12.1. The van der Waals surface area contributed by atoms with Crippen molar-refractivity contribution in [2.75, 3.05) is 5.73 Å². The van der Waals surface area contributed by atoms with Crippen molar-refractivity contribution in [1.29, 1.82) is 0 Å². The Labute approximate surface area is 92.7 Å². The van der Waals surface area contributed by atoms with E-state index in [4.69, 9.17) is 5.73 Å². The summed E-state index contributed by atoms with van der Waals surface area (Å²) < 4.78 is 1.80. The Balaban J connectivity index is 3.22. The molecule has 0 saturated carbocycles. The van der Waals surface area contributed by atoms with Crippen LogP contribution in [-0.2, 0) is 18.9 Å². The Morgan fingerprint density at radius 3 is 2.40 bits per heavy atom. The Morgan fingerprint density at radius 2 is 1.93 bits per heavy atom. The number of rotatable bonds is 4. The van der Waals surface area contributed by atoms with Crippen LogP contribution in [0.25, 0.3) is 0 Å². The molecule has 0 unspecified atom stereocenters. The molecule has 0 atom stereocenters. The topological polar surface area (TPSA) is 43.8 Å². The van der Waals surface area contributed by atoms with Gasteiger partial charge in [-0.3, -0.25) is 4.68 Å². The first-order chi connectivity index (χ1) is 6.94. The summed E-state index contributed by atoms with van der Waals surface area (Å²) in [6, 6.07) is 0. The lowest BCUT2D eigenvalue weighted by Gasteiger charge is -2.21. The largest absolute Gasteiger partial charge is 0.384 e. The fourth-order valence-corrected chi connectivity index (χ4v) is 1.79. The van der Waals surface area contributed by atoms with Crippen molar-refractivity contribution in [3.05, 3.63) is 11.3 Å². The maximum atomic E-state index is 6.04. The predicted octanol–water partition coefficient (Wildman–Crippen LogP) is 2.64. The first-order valence-electron chi connectivity index (χ1n) is 5.75. The molecule has 0 bridgehead atoms. The van der Waals surface area contributed by atoms with Crippen molar-refractivity contribution >= 4 is 5.82 Å². The molecule has 3 heteroatoms. The standard InChI is InChI=1S/C12H23N3/c1-6-8-9-10(12(3,4)7-2)14-15(5)11(9)13/h6-8,13H2,1-5H3. The Hall–Kier alpha value is -0.990. The molecule has 1 aromatic rings. The second-order valence-electron chi connectivity index (χ2n) is 4.82. The minimum absolute atomic E-state index is 0.125. The molecule has 15 heavy (non-hydrogen) atoms. The molecule has 3 nitrogen and oxygen atoms in total. The number of nitrogens with two attached hydrogens (primary N) is 1. The maximum Gasteiger partial charge on any atom is 0.124 e. The SMILES string of the molecule is CCCc1c(C(C)(C)CC)nn(C)c1N. The van der Waals surface area contributed by atoms with E-state index >= 15 is 0 Å². The van der Waals surface area contributed by atoms with E-state index in [9.17, 15) is 0 Å². The monoisotopic (exact) mass is 209 g/mol. The minimum Gasteiger partial charge on any atom is -0.384 e. The smallest absolute Gasteiger partial charge is 0.124 e. The number of hydrogen-bond acceptors (Lipinski definition) is 2. The van der Waals surface area contributed by atoms with Crippen molar-refractivity contribution in [3.63, 3.8) is 0 Å². The van der Waals surface area contributed by atoms with Crippen molar-refractivity contribution in [1.82, 2.24) is 9.78 Å². The van der Waals surface area contributed by atoms with Crippen molar-refractivity contribution < 1.29 is 0 Å². The van der Waals surface area contributed by atoms with E-state index in [1.54, 1.807) is 4.68 Å². The summed E-state index contributed by atoms with van der Waals surface area (Å²) in [7, 11) is 1.92. The van der Waals surface area contributed by atoms with Gasteiger partial charge in [0.25, 0.3) is 0 Å². The Kier molecular flexibility index (Phi) is 3.42. The molecule has 86 valence electrons. The van der Waals surface area contributed by atoms with Crippen LogP contribution in [0, 0.1) is 0 Å². The molecule has 2 N–H and O–H groups in total. The molecule has 1 heterocycles. The van der Waals surface area contributed by atoms with E-state index in [2.05, 4.69) is 32.8 Å². The highest BCUT2D eigenvalue weighted by Crippen LogP contribution is 2.31. The zero-order valence-electron chi connectivity index (χ0n) is 10.6. The summed E-state index contributed by atoms with van der Waals surface area (Å²) in [5, 5.41) is 4.56. The average molecular weight is 209 g/mol. The van der Waals surface area contributed by atoms with Crippen molar-refractivity contribution in [2.24, 2.45) is 7.05 Å². The van der Waals surface area contributed by atoms with Gasteiger partial charge < -0.3 is 5.73 Å². The van der Waals surface area contributed by atoms with Crippen molar-refractivity contribution in [3.8, 4) is 0 Å². The van der Waals surface area contributed by atoms with Crippen LogP contribution in [0.3, 0.4) is 0 Å². The van der Waals surface area contributed by atoms with E-state index < -0.39 is 0 Å². The molecular weight excluding hydrogens is 186 g/mol. The predicted molar refractivity (Wildman–Crippen MR) is 64.9 cm³/mol. The molecule has 0 fully saturated rings. The number of nitrogens with zero attached hydrogens (tertiary/aromatic N) is 2. The summed E-state index contributed by atoms with van der Waals surface area (Å²) in [6.07, 6.45) is 3.22. The van der Waals surface area contributed by atoms with Gasteiger partial charge in [0.2, 0.25) is 0 Å². The second-order valence-corrected chi connectivity index (χ2v) is 4.82. The van der Waals surface area contributed by atoms with E-state index in [0.717, 1.165) is 25.1 Å². The van der Waals surface area contributed by atoms with Gasteiger partial charge in [-0.05, 0) is 12.8 Å². The number of aromatic nitrogens is 2. The number of aryl methyl sites for hydroxylation is 1. The number of hydrogen-bond donors (Lipinski definition) is 1. The molecule has 0 radical (unpaired) electrons. The van der Waals surface area contributed by atoms with Crippen LogP contribution in [0.5, 0.6) is 0 Å². The third-order valence-corrected chi connectivity index (χ3v) is 3.22. The fraction of sp³-hybridized carbons (Fsp3) is 0.750. The Morgan fingerprint density at radius 1 is 1.33 bits per heavy atom. The molecule has 0 aliphatic carbocycles. The van der Waals surface area contributed by atoms with Gasteiger partial charge in [-0.1, -0.05) is 34.1 Å². The zero-order chi connectivity index (χ0) is 11.6. The molecule has 0 saturated heterocycles. The molecule has 1 aromatic heterocycles. The van der Waals surface area contributed by atoms with Crippen LogP contribution in [0.2, 0.25) is 0 Å². The fourth-order valence-electron chi connectivity index (χ4n) is 1.79. The second kappa shape index (κ2) is 4.25. The van der Waals surface area contributed by atoms with Crippen LogP contribution in [0.4, 0.5) is 5.82 Å². The molecule has 0 aliphatic heterocycles. The van der Waals surface area contributed by atoms with Crippen LogP contribution in [-0.4, -0.2) is 9.78 Å². The first-order valence-corrected chi connectivity index (χ1v) is 5.75. The van der Waals surface area contributed by atoms with Crippen LogP contribution in [0.15, 0.2) is 0 Å². The van der Waals surface area contributed by atoms with E-state index in [-0.39, 0.29) is 5.41 Å². The summed E-state index contributed by atoms with van der Waals surface area (Å²) in [4.78, 5) is 0. The van der Waals surface area contributed by atoms with Crippen LogP contribution < -0.4 is 5.73 Å². The zero-order valence-corrected chi connectivity index (χ0v) is 10.6. The van der Waals surface area contributed by atoms with Gasteiger partial charge in [0.1, 0.15) is 5.82 Å².